The molecule has 1 aromatic heterocycles. The number of aromatic nitrogens is 1. The van der Waals surface area contributed by atoms with E-state index in [9.17, 15) is 4.79 Å². The summed E-state index contributed by atoms with van der Waals surface area (Å²) in [4.78, 5) is 21.2. The van der Waals surface area contributed by atoms with E-state index in [1.807, 2.05) is 66.7 Å². The minimum absolute atomic E-state index is 0.0490. The summed E-state index contributed by atoms with van der Waals surface area (Å²) in [5.74, 6) is 0.691. The highest BCUT2D eigenvalue weighted by molar-refractivity contribution is 9.10. The Morgan fingerprint density at radius 1 is 0.850 bits per heavy atom. The molecule has 0 atom stereocenters. The van der Waals surface area contributed by atoms with Crippen LogP contribution in [0.15, 0.2) is 106 Å². The molecule has 0 bridgehead atoms. The van der Waals surface area contributed by atoms with Crippen LogP contribution in [0.25, 0.3) is 22.0 Å². The normalized spacial score (nSPS) is 13.8. The number of nitrogens with one attached hydrogen (secondary N) is 1. The Balaban J connectivity index is 1.54. The Morgan fingerprint density at radius 3 is 2.27 bits per heavy atom. The molecule has 1 saturated heterocycles. The van der Waals surface area contributed by atoms with Gasteiger partial charge < -0.3 is 10.1 Å². The predicted octanol–water partition coefficient (Wildman–Crippen LogP) is 8.23. The number of halogens is 2. The second kappa shape index (κ2) is 12.0. The van der Waals surface area contributed by atoms with Gasteiger partial charge in [0.05, 0.1) is 24.4 Å². The van der Waals surface area contributed by atoms with Crippen molar-refractivity contribution in [3.05, 3.63) is 123 Å². The highest BCUT2D eigenvalue weighted by Gasteiger charge is 2.23. The smallest absolute Gasteiger partial charge is 0.195 e. The van der Waals surface area contributed by atoms with Gasteiger partial charge in [-0.05, 0) is 47.5 Å². The average molecular weight is 657 g/mol. The van der Waals surface area contributed by atoms with Gasteiger partial charge in [-0.15, -0.1) is 0 Å². The summed E-state index contributed by atoms with van der Waals surface area (Å²) in [7, 11) is 0. The van der Waals surface area contributed by atoms with E-state index in [4.69, 9.17) is 9.72 Å². The number of pyridine rings is 1. The van der Waals surface area contributed by atoms with Crippen molar-refractivity contribution >= 4 is 60.1 Å². The number of ketones is 1. The first-order valence-electron chi connectivity index (χ1n) is 13.2. The highest BCUT2D eigenvalue weighted by atomic mass is 79.9. The van der Waals surface area contributed by atoms with Crippen molar-refractivity contribution in [1.82, 2.24) is 9.88 Å². The minimum Gasteiger partial charge on any atom is -0.379 e. The topological polar surface area (TPSA) is 54.5 Å². The lowest BCUT2D eigenvalue weighted by Crippen LogP contribution is -2.36. The maximum absolute atomic E-state index is 13.6. The van der Waals surface area contributed by atoms with Gasteiger partial charge in [0.15, 0.2) is 5.78 Å². The lowest BCUT2D eigenvalue weighted by atomic mass is 9.94. The van der Waals surface area contributed by atoms with Crippen molar-refractivity contribution in [2.75, 3.05) is 31.6 Å². The number of anilines is 2. The molecule has 0 aliphatic carbocycles. The third-order valence-corrected chi connectivity index (χ3v) is 8.10. The zero-order chi connectivity index (χ0) is 27.5. The highest BCUT2D eigenvalue weighted by Crippen LogP contribution is 2.39. The van der Waals surface area contributed by atoms with E-state index in [0.29, 0.717) is 36.6 Å². The minimum atomic E-state index is -0.0490. The number of hydrogen-bond acceptors (Lipinski definition) is 5. The van der Waals surface area contributed by atoms with Crippen molar-refractivity contribution in [2.45, 2.75) is 6.54 Å². The molecule has 5 aromatic rings. The third-order valence-electron chi connectivity index (χ3n) is 7.11. The molecule has 5 nitrogen and oxygen atoms in total. The van der Waals surface area contributed by atoms with Crippen LogP contribution in [0, 0.1) is 0 Å². The Hall–Kier alpha value is -3.36. The van der Waals surface area contributed by atoms with E-state index >= 15 is 0 Å². The molecule has 6 rings (SSSR count). The van der Waals surface area contributed by atoms with Crippen LogP contribution in [0.2, 0.25) is 0 Å². The molecular formula is C33H27Br2N3O2. The molecule has 0 unspecified atom stereocenters. The summed E-state index contributed by atoms with van der Waals surface area (Å²) in [6.07, 6.45) is 0. The van der Waals surface area contributed by atoms with Crippen LogP contribution in [0.4, 0.5) is 11.5 Å². The lowest BCUT2D eigenvalue weighted by molar-refractivity contribution is 0.0343. The number of ether oxygens (including phenoxy) is 1. The van der Waals surface area contributed by atoms with Crippen LogP contribution in [0.5, 0.6) is 0 Å². The Kier molecular flexibility index (Phi) is 8.07. The average Bonchev–Trinajstić information content (AvgIpc) is 2.99. The molecule has 4 aromatic carbocycles. The van der Waals surface area contributed by atoms with E-state index in [1.54, 1.807) is 0 Å². The first-order chi connectivity index (χ1) is 19.6. The summed E-state index contributed by atoms with van der Waals surface area (Å²) in [6.45, 7) is 3.81. The molecule has 2 heterocycles. The van der Waals surface area contributed by atoms with Crippen molar-refractivity contribution in [1.29, 1.82) is 0 Å². The largest absolute Gasteiger partial charge is 0.379 e. The number of carbonyl (C=O) groups excluding carboxylic acids is 1. The van der Waals surface area contributed by atoms with Gasteiger partial charge in [-0.3, -0.25) is 9.69 Å². The van der Waals surface area contributed by atoms with Gasteiger partial charge in [0.2, 0.25) is 0 Å². The number of morpholine rings is 1. The van der Waals surface area contributed by atoms with Crippen LogP contribution in [0.1, 0.15) is 21.5 Å². The molecular weight excluding hydrogens is 630 g/mol. The standard InChI is InChI=1S/C33H27Br2N3O2/c34-24-11-13-29-26(19-24)31(22-7-3-1-4-8-22)28(21-38-15-17-40-18-16-38)33(36-29)37-30-14-12-25(35)20-27(30)32(39)23-9-5-2-6-10-23/h1-14,19-20H,15-18,21H2,(H,36,37). The second-order valence-corrected chi connectivity index (χ2v) is 11.6. The van der Waals surface area contributed by atoms with Gasteiger partial charge in [0.25, 0.3) is 0 Å². The molecule has 0 saturated carbocycles. The van der Waals surface area contributed by atoms with Gasteiger partial charge in [-0.25, -0.2) is 4.98 Å². The summed E-state index contributed by atoms with van der Waals surface area (Å²) >= 11 is 7.24. The fourth-order valence-corrected chi connectivity index (χ4v) is 5.86. The number of fused-ring (bicyclic) bond motifs is 1. The summed E-state index contributed by atoms with van der Waals surface area (Å²) < 4.78 is 7.48. The molecule has 0 amide bonds. The van der Waals surface area contributed by atoms with Crippen LogP contribution in [-0.4, -0.2) is 42.0 Å². The van der Waals surface area contributed by atoms with Gasteiger partial charge >= 0.3 is 0 Å². The quantitative estimate of drug-likeness (QED) is 0.179. The Bertz CT molecular complexity index is 1670. The molecule has 1 fully saturated rings. The van der Waals surface area contributed by atoms with E-state index in [-0.39, 0.29) is 5.78 Å². The van der Waals surface area contributed by atoms with Gasteiger partial charge in [-0.1, -0.05) is 92.5 Å². The second-order valence-electron chi connectivity index (χ2n) is 9.74. The molecule has 1 N–H and O–H groups in total. The number of nitrogens with zero attached hydrogens (tertiary/aromatic N) is 2. The monoisotopic (exact) mass is 655 g/mol. The fraction of sp³-hybridized carbons (Fsp3) is 0.152. The zero-order valence-corrected chi connectivity index (χ0v) is 24.9. The number of hydrogen-bond donors (Lipinski definition) is 1. The third kappa shape index (κ3) is 5.74. The lowest BCUT2D eigenvalue weighted by Gasteiger charge is -2.29. The molecule has 0 radical (unpaired) electrons. The Morgan fingerprint density at radius 2 is 1.52 bits per heavy atom. The van der Waals surface area contributed by atoms with Crippen molar-refractivity contribution in [2.24, 2.45) is 0 Å². The summed E-state index contributed by atoms with van der Waals surface area (Å²) in [6, 6.07) is 31.8. The predicted molar refractivity (Wildman–Crippen MR) is 168 cm³/mol. The first-order valence-corrected chi connectivity index (χ1v) is 14.8. The molecule has 7 heteroatoms. The zero-order valence-electron chi connectivity index (χ0n) is 21.7. The van der Waals surface area contributed by atoms with Crippen molar-refractivity contribution in [3.8, 4) is 11.1 Å². The van der Waals surface area contributed by atoms with Gasteiger partial charge in [-0.2, -0.15) is 0 Å². The van der Waals surface area contributed by atoms with Crippen molar-refractivity contribution < 1.29 is 9.53 Å². The Labute approximate surface area is 250 Å². The summed E-state index contributed by atoms with van der Waals surface area (Å²) in [5.41, 5.74) is 6.14. The number of carbonyl (C=O) groups is 1. The SMILES string of the molecule is O=C(c1ccccc1)c1cc(Br)ccc1Nc1nc2ccc(Br)cc2c(-c2ccccc2)c1CN1CCOCC1. The van der Waals surface area contributed by atoms with E-state index in [1.165, 1.54) is 0 Å². The first kappa shape index (κ1) is 26.8. The number of benzene rings is 4. The molecule has 200 valence electrons. The van der Waals surface area contributed by atoms with Crippen LogP contribution in [-0.2, 0) is 11.3 Å². The van der Waals surface area contributed by atoms with E-state index in [2.05, 4.69) is 72.4 Å². The van der Waals surface area contributed by atoms with Gasteiger partial charge in [0.1, 0.15) is 5.82 Å². The van der Waals surface area contributed by atoms with Gasteiger partial charge in [0, 0.05) is 50.7 Å². The fourth-order valence-electron chi connectivity index (χ4n) is 5.14. The molecule has 40 heavy (non-hydrogen) atoms. The molecule has 0 spiro atoms. The van der Waals surface area contributed by atoms with E-state index < -0.39 is 0 Å². The molecule has 1 aliphatic heterocycles. The maximum atomic E-state index is 13.6. The maximum Gasteiger partial charge on any atom is 0.195 e. The van der Waals surface area contributed by atoms with E-state index in [0.717, 1.165) is 55.4 Å². The van der Waals surface area contributed by atoms with Crippen molar-refractivity contribution in [3.63, 3.8) is 0 Å². The van der Waals surface area contributed by atoms with Crippen LogP contribution in [0.3, 0.4) is 0 Å². The van der Waals surface area contributed by atoms with Crippen LogP contribution >= 0.6 is 31.9 Å². The summed E-state index contributed by atoms with van der Waals surface area (Å²) in [5, 5.41) is 4.68. The number of rotatable bonds is 7. The molecule has 1 aliphatic rings. The van der Waals surface area contributed by atoms with Crippen LogP contribution < -0.4 is 5.32 Å².